The number of benzene rings is 1. The van der Waals surface area contributed by atoms with Gasteiger partial charge in [0.2, 0.25) is 0 Å². The summed E-state index contributed by atoms with van der Waals surface area (Å²) < 4.78 is 1.87. The molecule has 2 aromatic heterocycles. The average molecular weight is 224 g/mol. The van der Waals surface area contributed by atoms with Gasteiger partial charge in [0.25, 0.3) is 0 Å². The Balaban J connectivity index is 2.14. The maximum absolute atomic E-state index is 5.94. The predicted molar refractivity (Wildman–Crippen MR) is 67.5 cm³/mol. The third-order valence-electron chi connectivity index (χ3n) is 2.78. The number of anilines is 1. The number of hydrogen-bond donors (Lipinski definition) is 1. The summed E-state index contributed by atoms with van der Waals surface area (Å²) in [6.07, 6.45) is 5.49. The zero-order valence-corrected chi connectivity index (χ0v) is 9.24. The lowest BCUT2D eigenvalue weighted by Crippen LogP contribution is -2.02. The van der Waals surface area contributed by atoms with E-state index in [9.17, 15) is 0 Å². The Morgan fingerprint density at radius 1 is 1.12 bits per heavy atom. The summed E-state index contributed by atoms with van der Waals surface area (Å²) in [6, 6.07) is 9.72. The van der Waals surface area contributed by atoms with Crippen molar-refractivity contribution in [2.24, 2.45) is 0 Å². The van der Waals surface area contributed by atoms with E-state index in [0.717, 1.165) is 22.2 Å². The van der Waals surface area contributed by atoms with E-state index in [0.29, 0.717) is 6.54 Å². The van der Waals surface area contributed by atoms with Crippen LogP contribution in [-0.4, -0.2) is 14.8 Å². The molecule has 0 amide bonds. The van der Waals surface area contributed by atoms with Gasteiger partial charge in [0, 0.05) is 29.7 Å². The Morgan fingerprint density at radius 2 is 2.06 bits per heavy atom. The van der Waals surface area contributed by atoms with E-state index in [2.05, 4.69) is 10.1 Å². The highest BCUT2D eigenvalue weighted by Crippen LogP contribution is 2.22. The van der Waals surface area contributed by atoms with Crippen molar-refractivity contribution < 1.29 is 0 Å². The molecule has 0 saturated carbocycles. The number of hydrogen-bond acceptors (Lipinski definition) is 3. The highest BCUT2D eigenvalue weighted by Gasteiger charge is 2.05. The molecule has 0 atom stereocenters. The molecular formula is C13H12N4. The molecule has 3 rings (SSSR count). The Morgan fingerprint density at radius 3 is 2.88 bits per heavy atom. The van der Waals surface area contributed by atoms with Crippen molar-refractivity contribution in [3.63, 3.8) is 0 Å². The number of pyridine rings is 1. The zero-order valence-electron chi connectivity index (χ0n) is 9.24. The second kappa shape index (κ2) is 3.90. The first kappa shape index (κ1) is 9.84. The first-order valence-electron chi connectivity index (χ1n) is 5.44. The quantitative estimate of drug-likeness (QED) is 0.678. The molecule has 0 bridgehead atoms. The molecule has 84 valence electrons. The summed E-state index contributed by atoms with van der Waals surface area (Å²) in [5.41, 5.74) is 8.77. The molecule has 4 heteroatoms. The molecule has 3 aromatic rings. The van der Waals surface area contributed by atoms with Crippen LogP contribution >= 0.6 is 0 Å². The van der Waals surface area contributed by atoms with Crippen molar-refractivity contribution in [3.8, 4) is 0 Å². The van der Waals surface area contributed by atoms with Crippen molar-refractivity contribution in [3.05, 3.63) is 54.5 Å². The molecule has 0 aliphatic carbocycles. The first-order chi connectivity index (χ1) is 8.34. The van der Waals surface area contributed by atoms with Crippen LogP contribution < -0.4 is 5.73 Å². The van der Waals surface area contributed by atoms with Crippen LogP contribution in [0.3, 0.4) is 0 Å². The minimum absolute atomic E-state index is 0.709. The van der Waals surface area contributed by atoms with Crippen LogP contribution in [0.15, 0.2) is 48.9 Å². The van der Waals surface area contributed by atoms with Gasteiger partial charge >= 0.3 is 0 Å². The number of nitrogen functional groups attached to an aromatic ring is 1. The smallest absolute Gasteiger partial charge is 0.0773 e. The Bertz CT molecular complexity index is 644. The molecule has 0 aliphatic heterocycles. The van der Waals surface area contributed by atoms with Gasteiger partial charge in [-0.15, -0.1) is 0 Å². The van der Waals surface area contributed by atoms with Crippen LogP contribution in [0.1, 0.15) is 5.56 Å². The van der Waals surface area contributed by atoms with E-state index in [1.165, 1.54) is 0 Å². The monoisotopic (exact) mass is 224 g/mol. The van der Waals surface area contributed by atoms with Crippen molar-refractivity contribution in [2.45, 2.75) is 6.54 Å². The standard InChI is InChI=1S/C13H12N4/c14-12-5-4-10(9-17-8-2-7-16-17)13-11(12)3-1-6-15-13/h1-8H,9,14H2. The zero-order chi connectivity index (χ0) is 11.7. The third kappa shape index (κ3) is 1.73. The lowest BCUT2D eigenvalue weighted by atomic mass is 10.1. The SMILES string of the molecule is Nc1ccc(Cn2cccn2)c2ncccc12. The summed E-state index contributed by atoms with van der Waals surface area (Å²) >= 11 is 0. The summed E-state index contributed by atoms with van der Waals surface area (Å²) in [6.45, 7) is 0.709. The van der Waals surface area contributed by atoms with Gasteiger partial charge < -0.3 is 5.73 Å². The molecular weight excluding hydrogens is 212 g/mol. The van der Waals surface area contributed by atoms with Gasteiger partial charge in [-0.2, -0.15) is 5.10 Å². The number of fused-ring (bicyclic) bond motifs is 1. The van der Waals surface area contributed by atoms with Crippen molar-refractivity contribution in [1.82, 2.24) is 14.8 Å². The van der Waals surface area contributed by atoms with Crippen LogP contribution in [0.25, 0.3) is 10.9 Å². The summed E-state index contributed by atoms with van der Waals surface area (Å²) in [5.74, 6) is 0. The number of nitrogens with zero attached hydrogens (tertiary/aromatic N) is 3. The second-order valence-corrected chi connectivity index (χ2v) is 3.92. The van der Waals surface area contributed by atoms with Crippen LogP contribution in [0.4, 0.5) is 5.69 Å². The maximum atomic E-state index is 5.94. The maximum Gasteiger partial charge on any atom is 0.0773 e. The molecule has 17 heavy (non-hydrogen) atoms. The van der Waals surface area contributed by atoms with E-state index in [1.54, 1.807) is 12.4 Å². The van der Waals surface area contributed by atoms with Crippen molar-refractivity contribution in [2.75, 3.05) is 5.73 Å². The van der Waals surface area contributed by atoms with Crippen molar-refractivity contribution >= 4 is 16.6 Å². The average Bonchev–Trinajstić information content (AvgIpc) is 2.86. The summed E-state index contributed by atoms with van der Waals surface area (Å²) in [5, 5.41) is 5.20. The van der Waals surface area contributed by atoms with Gasteiger partial charge in [-0.3, -0.25) is 9.67 Å². The van der Waals surface area contributed by atoms with E-state index in [-0.39, 0.29) is 0 Å². The molecule has 0 fully saturated rings. The lowest BCUT2D eigenvalue weighted by Gasteiger charge is -2.07. The van der Waals surface area contributed by atoms with Crippen LogP contribution in [0.5, 0.6) is 0 Å². The largest absolute Gasteiger partial charge is 0.398 e. The lowest BCUT2D eigenvalue weighted by molar-refractivity contribution is 0.689. The highest BCUT2D eigenvalue weighted by atomic mass is 15.3. The molecule has 4 nitrogen and oxygen atoms in total. The fourth-order valence-electron chi connectivity index (χ4n) is 1.95. The second-order valence-electron chi connectivity index (χ2n) is 3.92. The molecule has 0 unspecified atom stereocenters. The normalized spacial score (nSPS) is 10.8. The molecule has 0 spiro atoms. The van der Waals surface area contributed by atoms with E-state index >= 15 is 0 Å². The van der Waals surface area contributed by atoms with Gasteiger partial charge in [0.1, 0.15) is 0 Å². The van der Waals surface area contributed by atoms with Gasteiger partial charge in [-0.25, -0.2) is 0 Å². The summed E-state index contributed by atoms with van der Waals surface area (Å²) in [4.78, 5) is 4.40. The minimum atomic E-state index is 0.709. The van der Waals surface area contributed by atoms with Gasteiger partial charge in [-0.05, 0) is 29.8 Å². The Kier molecular flexibility index (Phi) is 2.26. The molecule has 2 heterocycles. The van der Waals surface area contributed by atoms with Crippen LogP contribution in [-0.2, 0) is 6.54 Å². The molecule has 2 N–H and O–H groups in total. The molecule has 0 radical (unpaired) electrons. The molecule has 0 saturated heterocycles. The van der Waals surface area contributed by atoms with E-state index in [4.69, 9.17) is 5.73 Å². The fraction of sp³-hybridized carbons (Fsp3) is 0.0769. The van der Waals surface area contributed by atoms with Gasteiger partial charge in [-0.1, -0.05) is 6.07 Å². The number of aromatic nitrogens is 3. The van der Waals surface area contributed by atoms with Crippen LogP contribution in [0, 0.1) is 0 Å². The third-order valence-corrected chi connectivity index (χ3v) is 2.78. The molecule has 1 aromatic carbocycles. The Labute approximate surface area is 98.7 Å². The van der Waals surface area contributed by atoms with Crippen molar-refractivity contribution in [1.29, 1.82) is 0 Å². The Hall–Kier alpha value is -2.36. The minimum Gasteiger partial charge on any atom is -0.398 e. The van der Waals surface area contributed by atoms with Gasteiger partial charge in [0.15, 0.2) is 0 Å². The highest BCUT2D eigenvalue weighted by molar-refractivity contribution is 5.92. The number of nitrogens with two attached hydrogens (primary N) is 1. The number of rotatable bonds is 2. The first-order valence-corrected chi connectivity index (χ1v) is 5.44. The van der Waals surface area contributed by atoms with Gasteiger partial charge in [0.05, 0.1) is 12.1 Å². The summed E-state index contributed by atoms with van der Waals surface area (Å²) in [7, 11) is 0. The molecule has 0 aliphatic rings. The van der Waals surface area contributed by atoms with E-state index in [1.807, 2.05) is 41.2 Å². The fourth-order valence-corrected chi connectivity index (χ4v) is 1.95. The predicted octanol–water partition coefficient (Wildman–Crippen LogP) is 2.06. The topological polar surface area (TPSA) is 56.7 Å². The van der Waals surface area contributed by atoms with E-state index < -0.39 is 0 Å². The van der Waals surface area contributed by atoms with Crippen LogP contribution in [0.2, 0.25) is 0 Å².